The minimum atomic E-state index is 1.10. The van der Waals surface area contributed by atoms with Crippen molar-refractivity contribution in [1.29, 1.82) is 0 Å². The highest BCUT2D eigenvalue weighted by molar-refractivity contribution is 9.10. The Labute approximate surface area is 122 Å². The van der Waals surface area contributed by atoms with Gasteiger partial charge in [-0.25, -0.2) is 4.98 Å². The first-order valence-electron chi connectivity index (χ1n) is 5.99. The Balaban J connectivity index is 1.94. The largest absolute Gasteiger partial charge is 0.344 e. The van der Waals surface area contributed by atoms with E-state index in [9.17, 15) is 0 Å². The molecule has 0 aliphatic rings. The van der Waals surface area contributed by atoms with Gasteiger partial charge in [-0.3, -0.25) is 0 Å². The maximum Gasteiger partial charge on any atom is 0.344 e. The maximum absolute atomic E-state index is 3.49. The summed E-state index contributed by atoms with van der Waals surface area (Å²) in [5, 5.41) is 0. The van der Waals surface area contributed by atoms with E-state index in [4.69, 9.17) is 0 Å². The van der Waals surface area contributed by atoms with E-state index in [2.05, 4.69) is 80.0 Å². The second-order valence-corrected chi connectivity index (χ2v) is 6.37. The lowest BCUT2D eigenvalue weighted by Crippen LogP contribution is -2.14. The fraction of sp³-hybridized carbons (Fsp3) is 0. The summed E-state index contributed by atoms with van der Waals surface area (Å²) in [4.78, 5) is 4.65. The number of hydrogen-bond donors (Lipinski definition) is 1. The highest BCUT2D eigenvalue weighted by Gasteiger charge is 2.16. The van der Waals surface area contributed by atoms with Gasteiger partial charge in [0.2, 0.25) is 0 Å². The summed E-state index contributed by atoms with van der Waals surface area (Å²) in [7, 11) is 0. The zero-order valence-corrected chi connectivity index (χ0v) is 12.3. The molecule has 0 spiro atoms. The van der Waals surface area contributed by atoms with Crippen LogP contribution < -0.4 is 4.40 Å². The van der Waals surface area contributed by atoms with E-state index in [1.165, 1.54) is 20.7 Å². The van der Waals surface area contributed by atoms with Crippen molar-refractivity contribution in [3.63, 3.8) is 0 Å². The number of benzene rings is 2. The predicted molar refractivity (Wildman–Crippen MR) is 82.5 cm³/mol. The third-order valence-electron chi connectivity index (χ3n) is 3.21. The Morgan fingerprint density at radius 2 is 1.79 bits per heavy atom. The molecule has 0 saturated heterocycles. The first-order valence-corrected chi connectivity index (χ1v) is 7.60. The van der Waals surface area contributed by atoms with Crippen molar-refractivity contribution >= 4 is 42.4 Å². The lowest BCUT2D eigenvalue weighted by Gasteiger charge is -1.93. The summed E-state index contributed by atoms with van der Waals surface area (Å²) in [6, 6.07) is 16.8. The number of imidazole rings is 1. The van der Waals surface area contributed by atoms with Crippen LogP contribution in [-0.4, -0.2) is 4.98 Å². The molecule has 0 saturated carbocycles. The highest BCUT2D eigenvalue weighted by Crippen LogP contribution is 2.25. The summed E-state index contributed by atoms with van der Waals surface area (Å²) >= 11 is 5.24. The number of para-hydroxylation sites is 1. The lowest BCUT2D eigenvalue weighted by molar-refractivity contribution is -0.475. The molecule has 2 aromatic heterocycles. The standard InChI is InChI=1S/C15H9BrN2S/c16-11-7-5-10(6-8-11)12-9-18-13-3-1-2-4-14(13)19-15(18)17-12/h1-9H/p+1. The molecule has 2 heterocycles. The lowest BCUT2D eigenvalue weighted by atomic mass is 10.2. The number of hydrogen-bond acceptors (Lipinski definition) is 1. The summed E-state index contributed by atoms with van der Waals surface area (Å²) in [5.74, 6) is 0. The number of aromatic nitrogens is 2. The van der Waals surface area contributed by atoms with E-state index in [-0.39, 0.29) is 0 Å². The van der Waals surface area contributed by atoms with Gasteiger partial charge in [0.15, 0.2) is 11.2 Å². The Kier molecular flexibility index (Phi) is 2.47. The van der Waals surface area contributed by atoms with Crippen LogP contribution in [-0.2, 0) is 0 Å². The van der Waals surface area contributed by atoms with Gasteiger partial charge in [0.25, 0.3) is 0 Å². The molecule has 2 nitrogen and oxygen atoms in total. The zero-order valence-electron chi connectivity index (χ0n) is 9.93. The maximum atomic E-state index is 3.49. The topological polar surface area (TPSA) is 19.9 Å². The van der Waals surface area contributed by atoms with Crippen LogP contribution in [0.3, 0.4) is 0 Å². The summed E-state index contributed by atoms with van der Waals surface area (Å²) in [6.45, 7) is 0. The van der Waals surface area contributed by atoms with Crippen molar-refractivity contribution < 1.29 is 4.40 Å². The van der Waals surface area contributed by atoms with Gasteiger partial charge in [-0.15, -0.1) is 0 Å². The number of rotatable bonds is 1. The Morgan fingerprint density at radius 1 is 1.00 bits per heavy atom. The number of thiazole rings is 1. The molecule has 4 heteroatoms. The number of nitrogens with one attached hydrogen (secondary N) is 1. The Bertz CT molecular complexity index is 874. The molecule has 4 aromatic rings. The van der Waals surface area contributed by atoms with Crippen molar-refractivity contribution in [3.05, 3.63) is 59.2 Å². The molecule has 0 amide bonds. The molecule has 19 heavy (non-hydrogen) atoms. The first kappa shape index (κ1) is 11.2. The molecule has 1 N–H and O–H groups in total. The SMILES string of the molecule is Brc1ccc(-c2c[n+]3c([nH]2)sc2ccccc23)cc1. The van der Waals surface area contributed by atoms with E-state index in [1.807, 2.05) is 0 Å². The molecule has 0 unspecified atom stereocenters. The molecule has 2 aromatic carbocycles. The third kappa shape index (κ3) is 1.79. The van der Waals surface area contributed by atoms with Gasteiger partial charge in [-0.05, 0) is 47.7 Å². The number of halogens is 1. The van der Waals surface area contributed by atoms with Gasteiger partial charge < -0.3 is 0 Å². The molecular formula is C15H10BrN2S+. The molecule has 0 bridgehead atoms. The minimum absolute atomic E-state index is 1.10. The predicted octanol–water partition coefficient (Wildman–Crippen LogP) is 4.40. The van der Waals surface area contributed by atoms with Crippen molar-refractivity contribution in [1.82, 2.24) is 4.98 Å². The highest BCUT2D eigenvalue weighted by atomic mass is 79.9. The molecule has 0 aliphatic carbocycles. The molecule has 4 rings (SSSR count). The number of aromatic amines is 1. The second kappa shape index (κ2) is 4.18. The van der Waals surface area contributed by atoms with Crippen LogP contribution in [0.4, 0.5) is 0 Å². The van der Waals surface area contributed by atoms with Crippen LogP contribution in [0.25, 0.3) is 26.4 Å². The van der Waals surface area contributed by atoms with E-state index in [0.717, 1.165) is 10.2 Å². The number of nitrogens with zero attached hydrogens (tertiary/aromatic N) is 1. The first-order chi connectivity index (χ1) is 9.31. The van der Waals surface area contributed by atoms with Gasteiger partial charge in [-0.1, -0.05) is 28.1 Å². The fourth-order valence-corrected chi connectivity index (χ4v) is 3.57. The molecule has 0 fully saturated rings. The third-order valence-corrected chi connectivity index (χ3v) is 4.79. The van der Waals surface area contributed by atoms with Crippen LogP contribution >= 0.6 is 27.3 Å². The smallest absolute Gasteiger partial charge is 0.227 e. The van der Waals surface area contributed by atoms with Crippen LogP contribution in [0.5, 0.6) is 0 Å². The zero-order chi connectivity index (χ0) is 12.8. The van der Waals surface area contributed by atoms with Crippen molar-refractivity contribution in [2.45, 2.75) is 0 Å². The summed E-state index contributed by atoms with van der Waals surface area (Å²) < 4.78 is 4.62. The number of H-pyrrole nitrogens is 1. The fourth-order valence-electron chi connectivity index (χ4n) is 2.27. The molecule has 0 radical (unpaired) electrons. The van der Waals surface area contributed by atoms with Crippen LogP contribution in [0.2, 0.25) is 0 Å². The Morgan fingerprint density at radius 3 is 2.63 bits per heavy atom. The van der Waals surface area contributed by atoms with E-state index < -0.39 is 0 Å². The van der Waals surface area contributed by atoms with Gasteiger partial charge >= 0.3 is 4.96 Å². The average Bonchev–Trinajstić information content (AvgIpc) is 2.97. The van der Waals surface area contributed by atoms with Gasteiger partial charge in [0.1, 0.15) is 6.20 Å². The summed E-state index contributed by atoms with van der Waals surface area (Å²) in [6.07, 6.45) is 2.16. The monoisotopic (exact) mass is 329 g/mol. The van der Waals surface area contributed by atoms with E-state index in [1.54, 1.807) is 11.3 Å². The van der Waals surface area contributed by atoms with Crippen molar-refractivity contribution in [2.24, 2.45) is 0 Å². The van der Waals surface area contributed by atoms with Crippen molar-refractivity contribution in [2.75, 3.05) is 0 Å². The second-order valence-electron chi connectivity index (χ2n) is 4.42. The van der Waals surface area contributed by atoms with E-state index >= 15 is 0 Å². The van der Waals surface area contributed by atoms with Gasteiger partial charge in [0, 0.05) is 10.0 Å². The van der Waals surface area contributed by atoms with Gasteiger partial charge in [-0.2, -0.15) is 4.40 Å². The quantitative estimate of drug-likeness (QED) is 0.499. The minimum Gasteiger partial charge on any atom is -0.227 e. The van der Waals surface area contributed by atoms with Crippen LogP contribution in [0, 0.1) is 0 Å². The molecular weight excluding hydrogens is 320 g/mol. The van der Waals surface area contributed by atoms with E-state index in [0.29, 0.717) is 0 Å². The van der Waals surface area contributed by atoms with Crippen LogP contribution in [0.1, 0.15) is 0 Å². The molecule has 0 aliphatic heterocycles. The van der Waals surface area contributed by atoms with Crippen molar-refractivity contribution in [3.8, 4) is 11.3 Å². The molecule has 0 atom stereocenters. The number of fused-ring (bicyclic) bond motifs is 3. The van der Waals surface area contributed by atoms with Gasteiger partial charge in [0.05, 0.1) is 4.70 Å². The summed E-state index contributed by atoms with van der Waals surface area (Å²) in [5.41, 5.74) is 3.59. The van der Waals surface area contributed by atoms with Crippen LogP contribution in [0.15, 0.2) is 59.2 Å². The molecule has 92 valence electrons. The normalized spacial score (nSPS) is 11.4. The Hall–Kier alpha value is -1.65. The average molecular weight is 330 g/mol.